The molecule has 2 atom stereocenters. The number of halogens is 1. The summed E-state index contributed by atoms with van der Waals surface area (Å²) >= 11 is 6.03. The van der Waals surface area contributed by atoms with E-state index in [0.717, 1.165) is 44.1 Å². The van der Waals surface area contributed by atoms with Gasteiger partial charge in [-0.25, -0.2) is 0 Å². The van der Waals surface area contributed by atoms with Crippen molar-refractivity contribution in [2.75, 3.05) is 6.54 Å². The van der Waals surface area contributed by atoms with E-state index in [1.54, 1.807) is 0 Å². The van der Waals surface area contributed by atoms with E-state index >= 15 is 0 Å². The van der Waals surface area contributed by atoms with Crippen LogP contribution in [0.1, 0.15) is 69.3 Å². The van der Waals surface area contributed by atoms with Gasteiger partial charge in [0.15, 0.2) is 0 Å². The molecule has 3 aliphatic rings. The van der Waals surface area contributed by atoms with Crippen LogP contribution in [0.5, 0.6) is 0 Å². The molecule has 0 spiro atoms. The first-order valence-corrected chi connectivity index (χ1v) is 10.9. The first kappa shape index (κ1) is 18.8. The van der Waals surface area contributed by atoms with Gasteiger partial charge in [-0.2, -0.15) is 0 Å². The summed E-state index contributed by atoms with van der Waals surface area (Å²) in [5.41, 5.74) is 1.03. The fourth-order valence-corrected chi connectivity index (χ4v) is 4.87. The number of likely N-dealkylation sites (tertiary alicyclic amines) is 1. The van der Waals surface area contributed by atoms with E-state index in [0.29, 0.717) is 23.5 Å². The molecule has 27 heavy (non-hydrogen) atoms. The summed E-state index contributed by atoms with van der Waals surface area (Å²) in [5.74, 6) is 0.450. The van der Waals surface area contributed by atoms with Crippen molar-refractivity contribution in [2.45, 2.75) is 75.8 Å². The maximum absolute atomic E-state index is 13.4. The highest BCUT2D eigenvalue weighted by Crippen LogP contribution is 2.44. The number of nitrogens with one attached hydrogen (secondary N) is 1. The predicted molar refractivity (Wildman–Crippen MR) is 107 cm³/mol. The van der Waals surface area contributed by atoms with Gasteiger partial charge in [0.05, 0.1) is 5.92 Å². The van der Waals surface area contributed by atoms with Gasteiger partial charge in [0.25, 0.3) is 0 Å². The molecule has 2 amide bonds. The minimum Gasteiger partial charge on any atom is -0.352 e. The number of hydrogen-bond acceptors (Lipinski definition) is 2. The molecule has 1 aliphatic heterocycles. The van der Waals surface area contributed by atoms with Gasteiger partial charge in [-0.05, 0) is 62.1 Å². The molecule has 5 heteroatoms. The Kier molecular flexibility index (Phi) is 5.72. The van der Waals surface area contributed by atoms with Crippen LogP contribution in [-0.4, -0.2) is 35.3 Å². The molecular weight excluding hydrogens is 360 g/mol. The van der Waals surface area contributed by atoms with Gasteiger partial charge in [-0.15, -0.1) is 0 Å². The van der Waals surface area contributed by atoms with Gasteiger partial charge < -0.3 is 10.2 Å². The normalized spacial score (nSPS) is 24.6. The third-order valence-corrected chi connectivity index (χ3v) is 6.63. The summed E-state index contributed by atoms with van der Waals surface area (Å²) in [6, 6.07) is 7.65. The number of amides is 2. The van der Waals surface area contributed by atoms with Crippen molar-refractivity contribution in [2.24, 2.45) is 5.92 Å². The molecule has 1 heterocycles. The third kappa shape index (κ3) is 4.31. The molecule has 0 bridgehead atoms. The highest BCUT2D eigenvalue weighted by Gasteiger charge is 2.43. The molecule has 1 unspecified atom stereocenters. The molecule has 0 radical (unpaired) electrons. The van der Waals surface area contributed by atoms with E-state index in [-0.39, 0.29) is 23.8 Å². The zero-order valence-corrected chi connectivity index (χ0v) is 16.6. The van der Waals surface area contributed by atoms with Crippen LogP contribution in [0.25, 0.3) is 0 Å². The second-order valence-electron chi connectivity index (χ2n) is 8.40. The van der Waals surface area contributed by atoms with Gasteiger partial charge in [-0.1, -0.05) is 43.0 Å². The van der Waals surface area contributed by atoms with Crippen molar-refractivity contribution in [3.05, 3.63) is 34.9 Å². The Morgan fingerprint density at radius 3 is 2.33 bits per heavy atom. The lowest BCUT2D eigenvalue weighted by Gasteiger charge is -2.30. The van der Waals surface area contributed by atoms with Crippen molar-refractivity contribution in [1.29, 1.82) is 0 Å². The number of nitrogens with zero attached hydrogens (tertiary/aromatic N) is 1. The first-order valence-electron chi connectivity index (χ1n) is 10.5. The first-order chi connectivity index (χ1) is 13.1. The maximum Gasteiger partial charge on any atom is 0.243 e. The molecule has 1 saturated heterocycles. The van der Waals surface area contributed by atoms with Gasteiger partial charge in [0.2, 0.25) is 11.8 Å². The number of carbonyl (C=O) groups is 2. The molecule has 3 fully saturated rings. The molecule has 2 aliphatic carbocycles. The lowest BCUT2D eigenvalue weighted by atomic mass is 9.92. The zero-order valence-electron chi connectivity index (χ0n) is 15.8. The monoisotopic (exact) mass is 388 g/mol. The molecule has 1 N–H and O–H groups in total. The van der Waals surface area contributed by atoms with Crippen LogP contribution in [0.2, 0.25) is 5.02 Å². The molecule has 1 aromatic rings. The summed E-state index contributed by atoms with van der Waals surface area (Å²) in [6.45, 7) is 0.693. The van der Waals surface area contributed by atoms with Crippen LogP contribution in [-0.2, 0) is 9.59 Å². The molecule has 4 rings (SSSR count). The largest absolute Gasteiger partial charge is 0.352 e. The summed E-state index contributed by atoms with van der Waals surface area (Å²) < 4.78 is 0. The smallest absolute Gasteiger partial charge is 0.243 e. The fourth-order valence-electron chi connectivity index (χ4n) is 4.74. The predicted octanol–water partition coefficient (Wildman–Crippen LogP) is 4.27. The quantitative estimate of drug-likeness (QED) is 0.818. The zero-order chi connectivity index (χ0) is 18.8. The molecular formula is C22H29ClN2O2. The van der Waals surface area contributed by atoms with Crippen LogP contribution < -0.4 is 5.32 Å². The average molecular weight is 389 g/mol. The Bertz CT molecular complexity index is 680. The summed E-state index contributed by atoms with van der Waals surface area (Å²) in [6.07, 6.45) is 9.66. The Balaban J connectivity index is 1.47. The molecule has 2 saturated carbocycles. The minimum absolute atomic E-state index is 0.0541. The van der Waals surface area contributed by atoms with Crippen molar-refractivity contribution < 1.29 is 9.59 Å². The molecule has 4 nitrogen and oxygen atoms in total. The van der Waals surface area contributed by atoms with Gasteiger partial charge >= 0.3 is 0 Å². The van der Waals surface area contributed by atoms with Crippen LogP contribution in [0.15, 0.2) is 24.3 Å². The summed E-state index contributed by atoms with van der Waals surface area (Å²) in [4.78, 5) is 28.2. The molecule has 0 aromatic heterocycles. The Hall–Kier alpha value is -1.55. The third-order valence-electron chi connectivity index (χ3n) is 6.38. The van der Waals surface area contributed by atoms with Crippen LogP contribution in [0, 0.1) is 5.92 Å². The fraction of sp³-hybridized carbons (Fsp3) is 0.636. The highest BCUT2D eigenvalue weighted by molar-refractivity contribution is 6.30. The molecule has 146 valence electrons. The average Bonchev–Trinajstić information content (AvgIpc) is 3.38. The second-order valence-corrected chi connectivity index (χ2v) is 8.84. The van der Waals surface area contributed by atoms with E-state index < -0.39 is 0 Å². The van der Waals surface area contributed by atoms with Gasteiger partial charge in [-0.3, -0.25) is 9.59 Å². The maximum atomic E-state index is 13.4. The lowest BCUT2D eigenvalue weighted by molar-refractivity contribution is -0.140. The van der Waals surface area contributed by atoms with Crippen LogP contribution in [0.3, 0.4) is 0 Å². The second kappa shape index (κ2) is 8.22. The topological polar surface area (TPSA) is 49.4 Å². The summed E-state index contributed by atoms with van der Waals surface area (Å²) in [5, 5.41) is 3.91. The van der Waals surface area contributed by atoms with E-state index in [1.165, 1.54) is 19.3 Å². The van der Waals surface area contributed by atoms with Crippen molar-refractivity contribution in [3.63, 3.8) is 0 Å². The van der Waals surface area contributed by atoms with Crippen molar-refractivity contribution >= 4 is 23.4 Å². The highest BCUT2D eigenvalue weighted by atomic mass is 35.5. The Labute approximate surface area is 166 Å². The number of carbonyl (C=O) groups excluding carboxylic acids is 2. The van der Waals surface area contributed by atoms with Gasteiger partial charge in [0.1, 0.15) is 6.04 Å². The lowest BCUT2D eigenvalue weighted by Crippen LogP contribution is -2.50. The van der Waals surface area contributed by atoms with Gasteiger partial charge in [0, 0.05) is 17.6 Å². The minimum atomic E-state index is -0.298. The van der Waals surface area contributed by atoms with E-state index in [9.17, 15) is 9.59 Å². The van der Waals surface area contributed by atoms with E-state index in [2.05, 4.69) is 5.32 Å². The SMILES string of the molecule is O=C(NC1CCCCC1)[C@@H]1CCCN1C(=O)C(c1ccc(Cl)cc1)C1CC1. The van der Waals surface area contributed by atoms with E-state index in [4.69, 9.17) is 11.6 Å². The van der Waals surface area contributed by atoms with Crippen molar-refractivity contribution in [1.82, 2.24) is 10.2 Å². The standard InChI is InChI=1S/C22H29ClN2O2/c23-17-12-10-16(11-13-17)20(15-8-9-15)22(27)25-14-4-7-19(25)21(26)24-18-5-2-1-3-6-18/h10-13,15,18-20H,1-9,14H2,(H,24,26)/t19-,20?/m0/s1. The Morgan fingerprint density at radius 1 is 0.963 bits per heavy atom. The van der Waals surface area contributed by atoms with Crippen LogP contribution in [0.4, 0.5) is 0 Å². The number of hydrogen-bond donors (Lipinski definition) is 1. The molecule has 1 aromatic carbocycles. The number of benzene rings is 1. The Morgan fingerprint density at radius 2 is 1.67 bits per heavy atom. The number of rotatable bonds is 5. The van der Waals surface area contributed by atoms with Crippen molar-refractivity contribution in [3.8, 4) is 0 Å². The van der Waals surface area contributed by atoms with E-state index in [1.807, 2.05) is 29.2 Å². The van der Waals surface area contributed by atoms with Crippen LogP contribution >= 0.6 is 11.6 Å². The summed E-state index contributed by atoms with van der Waals surface area (Å²) in [7, 11) is 0.